The fraction of sp³-hybridized carbons (Fsp3) is 0.500. The molecule has 1 aromatic rings. The lowest BCUT2D eigenvalue weighted by Crippen LogP contribution is -2.41. The van der Waals surface area contributed by atoms with Gasteiger partial charge in [-0.1, -0.05) is 6.92 Å². The molecule has 6 nitrogen and oxygen atoms in total. The minimum atomic E-state index is -1.01. The summed E-state index contributed by atoms with van der Waals surface area (Å²) in [4.78, 5) is 35.6. The maximum Gasteiger partial charge on any atom is 0.323 e. The van der Waals surface area contributed by atoms with Gasteiger partial charge in [-0.3, -0.25) is 14.4 Å². The molecular weight excluding hydrogens is 310 g/mol. The third-order valence-electron chi connectivity index (χ3n) is 3.81. The molecule has 0 bridgehead atoms. The van der Waals surface area contributed by atoms with Crippen LogP contribution in [0.3, 0.4) is 0 Å². The highest BCUT2D eigenvalue weighted by molar-refractivity contribution is 5.94. The van der Waals surface area contributed by atoms with Gasteiger partial charge in [-0.25, -0.2) is 0 Å². The molecule has 6 heteroatoms. The smallest absolute Gasteiger partial charge is 0.323 e. The first kappa shape index (κ1) is 19.7. The van der Waals surface area contributed by atoms with Gasteiger partial charge in [0, 0.05) is 18.0 Å². The first-order valence-corrected chi connectivity index (χ1v) is 8.10. The van der Waals surface area contributed by atoms with Crippen LogP contribution in [0.2, 0.25) is 0 Å². The van der Waals surface area contributed by atoms with E-state index in [0.29, 0.717) is 30.8 Å². The van der Waals surface area contributed by atoms with Crippen molar-refractivity contribution in [3.8, 4) is 5.75 Å². The van der Waals surface area contributed by atoms with Gasteiger partial charge < -0.3 is 14.7 Å². The fourth-order valence-corrected chi connectivity index (χ4v) is 2.20. The van der Waals surface area contributed by atoms with E-state index in [1.807, 2.05) is 13.8 Å². The molecule has 0 saturated heterocycles. The summed E-state index contributed by atoms with van der Waals surface area (Å²) in [6, 6.07) is 6.72. The van der Waals surface area contributed by atoms with Crippen LogP contribution in [0.4, 0.5) is 0 Å². The molecule has 1 aromatic carbocycles. The van der Waals surface area contributed by atoms with Crippen LogP contribution in [-0.2, 0) is 9.59 Å². The van der Waals surface area contributed by atoms with Crippen molar-refractivity contribution in [2.45, 2.75) is 46.1 Å². The van der Waals surface area contributed by atoms with E-state index in [4.69, 9.17) is 9.84 Å². The number of hydrogen-bond acceptors (Lipinski definition) is 4. The number of hydrogen-bond donors (Lipinski definition) is 1. The molecule has 24 heavy (non-hydrogen) atoms. The molecule has 1 atom stereocenters. The Balaban J connectivity index is 2.43. The van der Waals surface area contributed by atoms with Crippen molar-refractivity contribution < 1.29 is 24.2 Å². The van der Waals surface area contributed by atoms with Crippen molar-refractivity contribution in [3.63, 3.8) is 0 Å². The number of ether oxygens (including phenoxy) is 1. The van der Waals surface area contributed by atoms with E-state index >= 15 is 0 Å². The van der Waals surface area contributed by atoms with E-state index < -0.39 is 5.97 Å². The average Bonchev–Trinajstić information content (AvgIpc) is 2.55. The minimum Gasteiger partial charge on any atom is -0.494 e. The van der Waals surface area contributed by atoms with Crippen LogP contribution >= 0.6 is 0 Å². The van der Waals surface area contributed by atoms with Crippen molar-refractivity contribution in [2.24, 2.45) is 0 Å². The molecule has 0 aromatic heterocycles. The van der Waals surface area contributed by atoms with Crippen molar-refractivity contribution in [2.75, 3.05) is 13.2 Å². The highest BCUT2D eigenvalue weighted by Gasteiger charge is 2.20. The van der Waals surface area contributed by atoms with Gasteiger partial charge in [-0.15, -0.1) is 0 Å². The summed E-state index contributed by atoms with van der Waals surface area (Å²) in [6.07, 6.45) is 1.45. The summed E-state index contributed by atoms with van der Waals surface area (Å²) in [5.41, 5.74) is 0.621. The highest BCUT2D eigenvalue weighted by Crippen LogP contribution is 2.13. The Bertz CT molecular complexity index is 567. The number of carboxylic acid groups (broad SMARTS) is 1. The van der Waals surface area contributed by atoms with Crippen LogP contribution in [-0.4, -0.2) is 46.9 Å². The molecule has 1 amide bonds. The van der Waals surface area contributed by atoms with Crippen LogP contribution in [0, 0.1) is 0 Å². The number of carboxylic acids is 1. The SMILES string of the molecule is CCC(C)N(CC(=O)O)C(=O)CCCOc1ccc(C(C)=O)cc1. The molecular formula is C18H25NO5. The minimum absolute atomic E-state index is 0.00397. The summed E-state index contributed by atoms with van der Waals surface area (Å²) in [7, 11) is 0. The molecule has 0 spiro atoms. The molecule has 0 fully saturated rings. The topological polar surface area (TPSA) is 83.9 Å². The Kier molecular flexibility index (Phi) is 7.95. The summed E-state index contributed by atoms with van der Waals surface area (Å²) >= 11 is 0. The normalized spacial score (nSPS) is 11.6. The molecule has 1 rings (SSSR count). The van der Waals surface area contributed by atoms with Crippen LogP contribution in [0.1, 0.15) is 50.4 Å². The second-order valence-electron chi connectivity index (χ2n) is 5.71. The van der Waals surface area contributed by atoms with Gasteiger partial charge in [0.15, 0.2) is 5.78 Å². The van der Waals surface area contributed by atoms with Crippen LogP contribution in [0.5, 0.6) is 5.75 Å². The zero-order valence-electron chi connectivity index (χ0n) is 14.4. The standard InChI is InChI=1S/C18H25NO5/c1-4-13(2)19(12-18(22)23)17(21)6-5-11-24-16-9-7-15(8-10-16)14(3)20/h7-10,13H,4-6,11-12H2,1-3H3,(H,22,23). The number of carbonyl (C=O) groups excluding carboxylic acids is 2. The van der Waals surface area contributed by atoms with Crippen LogP contribution in [0.25, 0.3) is 0 Å². The quantitative estimate of drug-likeness (QED) is 0.525. The van der Waals surface area contributed by atoms with Crippen molar-refractivity contribution in [3.05, 3.63) is 29.8 Å². The Labute approximate surface area is 142 Å². The lowest BCUT2D eigenvalue weighted by Gasteiger charge is -2.27. The first-order chi connectivity index (χ1) is 11.3. The van der Waals surface area contributed by atoms with E-state index in [9.17, 15) is 14.4 Å². The third kappa shape index (κ3) is 6.40. The zero-order valence-corrected chi connectivity index (χ0v) is 14.4. The van der Waals surface area contributed by atoms with Gasteiger partial charge in [-0.05, 0) is 51.0 Å². The number of aliphatic carboxylic acids is 1. The number of rotatable bonds is 10. The Morgan fingerprint density at radius 2 is 1.83 bits per heavy atom. The Morgan fingerprint density at radius 3 is 2.33 bits per heavy atom. The van der Waals surface area contributed by atoms with E-state index in [0.717, 1.165) is 0 Å². The van der Waals surface area contributed by atoms with Crippen LogP contribution < -0.4 is 4.74 Å². The molecule has 0 radical (unpaired) electrons. The summed E-state index contributed by atoms with van der Waals surface area (Å²) in [6.45, 7) is 5.34. The van der Waals surface area contributed by atoms with E-state index in [2.05, 4.69) is 0 Å². The molecule has 0 aliphatic carbocycles. The Hall–Kier alpha value is -2.37. The number of carbonyl (C=O) groups is 3. The fourth-order valence-electron chi connectivity index (χ4n) is 2.20. The predicted molar refractivity (Wildman–Crippen MR) is 90.3 cm³/mol. The maximum atomic E-state index is 12.2. The average molecular weight is 335 g/mol. The Morgan fingerprint density at radius 1 is 1.21 bits per heavy atom. The number of ketones is 1. The number of amides is 1. The number of benzene rings is 1. The second-order valence-corrected chi connectivity index (χ2v) is 5.71. The molecule has 0 aliphatic rings. The third-order valence-corrected chi connectivity index (χ3v) is 3.81. The maximum absolute atomic E-state index is 12.2. The number of nitrogens with zero attached hydrogens (tertiary/aromatic N) is 1. The molecule has 0 saturated carbocycles. The number of Topliss-reactive ketones (excluding diaryl/α,β-unsaturated/α-hetero) is 1. The highest BCUT2D eigenvalue weighted by atomic mass is 16.5. The van der Waals surface area contributed by atoms with E-state index in [-0.39, 0.29) is 30.7 Å². The molecule has 132 valence electrons. The lowest BCUT2D eigenvalue weighted by atomic mass is 10.1. The largest absolute Gasteiger partial charge is 0.494 e. The van der Waals surface area contributed by atoms with Crippen molar-refractivity contribution >= 4 is 17.7 Å². The monoisotopic (exact) mass is 335 g/mol. The lowest BCUT2D eigenvalue weighted by molar-refractivity contribution is -0.146. The molecule has 0 heterocycles. The van der Waals surface area contributed by atoms with E-state index in [1.165, 1.54) is 11.8 Å². The predicted octanol–water partition coefficient (Wildman–Crippen LogP) is 2.76. The van der Waals surface area contributed by atoms with Gasteiger partial charge in [0.25, 0.3) is 0 Å². The molecule has 1 N–H and O–H groups in total. The van der Waals surface area contributed by atoms with Crippen LogP contribution in [0.15, 0.2) is 24.3 Å². The zero-order chi connectivity index (χ0) is 18.1. The van der Waals surface area contributed by atoms with Gasteiger partial charge in [0.2, 0.25) is 5.91 Å². The van der Waals surface area contributed by atoms with Gasteiger partial charge in [0.05, 0.1) is 6.61 Å². The van der Waals surface area contributed by atoms with Gasteiger partial charge in [0.1, 0.15) is 12.3 Å². The first-order valence-electron chi connectivity index (χ1n) is 8.10. The second kappa shape index (κ2) is 9.70. The molecule has 0 aliphatic heterocycles. The summed E-state index contributed by atoms with van der Waals surface area (Å²) < 4.78 is 5.54. The van der Waals surface area contributed by atoms with Crippen molar-refractivity contribution in [1.29, 1.82) is 0 Å². The van der Waals surface area contributed by atoms with Gasteiger partial charge >= 0.3 is 5.97 Å². The van der Waals surface area contributed by atoms with Crippen molar-refractivity contribution in [1.82, 2.24) is 4.90 Å². The summed E-state index contributed by atoms with van der Waals surface area (Å²) in [5.74, 6) is -0.555. The summed E-state index contributed by atoms with van der Waals surface area (Å²) in [5, 5.41) is 8.92. The van der Waals surface area contributed by atoms with Gasteiger partial charge in [-0.2, -0.15) is 0 Å². The van der Waals surface area contributed by atoms with E-state index in [1.54, 1.807) is 24.3 Å². The molecule has 1 unspecified atom stereocenters.